The number of nitriles is 1. The number of nitrogens with zero attached hydrogens (tertiary/aromatic N) is 2. The molecule has 0 aliphatic rings. The lowest BCUT2D eigenvalue weighted by Crippen LogP contribution is -2.32. The summed E-state index contributed by atoms with van der Waals surface area (Å²) in [5.74, 6) is -1.97. The van der Waals surface area contributed by atoms with Crippen molar-refractivity contribution in [2.45, 2.75) is 19.6 Å². The van der Waals surface area contributed by atoms with Gasteiger partial charge in [-0.15, -0.1) is 0 Å². The largest absolute Gasteiger partial charge is 0.405 e. The minimum absolute atomic E-state index is 0.294. The molecule has 3 nitrogen and oxygen atoms in total. The van der Waals surface area contributed by atoms with Gasteiger partial charge in [0.25, 0.3) is 0 Å². The second kappa shape index (κ2) is 5.64. The van der Waals surface area contributed by atoms with Crippen molar-refractivity contribution < 1.29 is 13.2 Å². The van der Waals surface area contributed by atoms with E-state index in [2.05, 4.69) is 10.3 Å². The van der Waals surface area contributed by atoms with Gasteiger partial charge in [0.1, 0.15) is 0 Å². The Balaban J connectivity index is 2.48. The average molecular weight is 243 g/mol. The first-order valence-electron chi connectivity index (χ1n) is 5.01. The van der Waals surface area contributed by atoms with E-state index in [1.54, 1.807) is 18.5 Å². The molecule has 0 aromatic carbocycles. The molecule has 0 fully saturated rings. The third kappa shape index (κ3) is 4.04. The molecule has 0 aliphatic carbocycles. The van der Waals surface area contributed by atoms with Crippen LogP contribution in [0.4, 0.5) is 13.2 Å². The first kappa shape index (κ1) is 13.5. The van der Waals surface area contributed by atoms with Gasteiger partial charge in [0.05, 0.1) is 6.07 Å². The van der Waals surface area contributed by atoms with Crippen LogP contribution in [0, 0.1) is 24.2 Å². The normalized spacial score (nSPS) is 13.1. The lowest BCUT2D eigenvalue weighted by Gasteiger charge is -2.14. The smallest absolute Gasteiger partial charge is 0.311 e. The van der Waals surface area contributed by atoms with Crippen LogP contribution in [0.1, 0.15) is 11.1 Å². The van der Waals surface area contributed by atoms with Crippen molar-refractivity contribution in [1.82, 2.24) is 10.3 Å². The monoisotopic (exact) mass is 243 g/mol. The molecule has 1 heterocycles. The van der Waals surface area contributed by atoms with Gasteiger partial charge in [-0.05, 0) is 24.1 Å². The second-order valence-corrected chi connectivity index (χ2v) is 3.66. The summed E-state index contributed by atoms with van der Waals surface area (Å²) < 4.78 is 36.8. The summed E-state index contributed by atoms with van der Waals surface area (Å²) in [4.78, 5) is 3.88. The van der Waals surface area contributed by atoms with Crippen molar-refractivity contribution in [2.75, 3.05) is 6.54 Å². The maximum atomic E-state index is 12.3. The van der Waals surface area contributed by atoms with E-state index in [0.717, 1.165) is 11.1 Å². The van der Waals surface area contributed by atoms with E-state index >= 15 is 0 Å². The third-order valence-corrected chi connectivity index (χ3v) is 2.35. The fourth-order valence-corrected chi connectivity index (χ4v) is 1.29. The minimum atomic E-state index is -4.48. The Morgan fingerprint density at radius 3 is 2.76 bits per heavy atom. The maximum absolute atomic E-state index is 12.3. The van der Waals surface area contributed by atoms with Gasteiger partial charge in [-0.3, -0.25) is 4.98 Å². The molecule has 1 unspecified atom stereocenters. The van der Waals surface area contributed by atoms with Crippen LogP contribution in [0.2, 0.25) is 0 Å². The third-order valence-electron chi connectivity index (χ3n) is 2.35. The summed E-state index contributed by atoms with van der Waals surface area (Å²) in [6, 6.07) is 2.98. The molecular formula is C11H12F3N3. The van der Waals surface area contributed by atoms with Gasteiger partial charge in [0.15, 0.2) is 5.92 Å². The van der Waals surface area contributed by atoms with Gasteiger partial charge in [0.2, 0.25) is 0 Å². The molecule has 0 amide bonds. The molecule has 92 valence electrons. The van der Waals surface area contributed by atoms with Crippen LogP contribution in [0.3, 0.4) is 0 Å². The zero-order chi connectivity index (χ0) is 12.9. The molecule has 1 aromatic rings. The lowest BCUT2D eigenvalue weighted by molar-refractivity contribution is -0.157. The highest BCUT2D eigenvalue weighted by Crippen LogP contribution is 2.24. The van der Waals surface area contributed by atoms with E-state index < -0.39 is 18.6 Å². The first-order chi connectivity index (χ1) is 7.95. The molecule has 6 heteroatoms. The number of pyridine rings is 1. The minimum Gasteiger partial charge on any atom is -0.311 e. The molecule has 0 aliphatic heterocycles. The SMILES string of the molecule is Cc1cnccc1CNCC(C#N)C(F)(F)F. The first-order valence-corrected chi connectivity index (χ1v) is 5.01. The van der Waals surface area contributed by atoms with Crippen LogP contribution in [0.5, 0.6) is 0 Å². The highest BCUT2D eigenvalue weighted by molar-refractivity contribution is 5.21. The van der Waals surface area contributed by atoms with E-state index in [4.69, 9.17) is 5.26 Å². The Hall–Kier alpha value is -1.61. The Bertz CT molecular complexity index is 409. The average Bonchev–Trinajstić information content (AvgIpc) is 2.25. The molecule has 1 rings (SSSR count). The van der Waals surface area contributed by atoms with Crippen molar-refractivity contribution in [3.8, 4) is 6.07 Å². The zero-order valence-corrected chi connectivity index (χ0v) is 9.25. The van der Waals surface area contributed by atoms with Crippen molar-refractivity contribution in [3.05, 3.63) is 29.6 Å². The molecule has 0 saturated heterocycles. The number of alkyl halides is 3. The fraction of sp³-hybridized carbons (Fsp3) is 0.455. The van der Waals surface area contributed by atoms with Crippen LogP contribution < -0.4 is 5.32 Å². The molecule has 0 radical (unpaired) electrons. The highest BCUT2D eigenvalue weighted by Gasteiger charge is 2.39. The number of nitrogens with one attached hydrogen (secondary N) is 1. The van der Waals surface area contributed by atoms with E-state index in [0.29, 0.717) is 6.54 Å². The summed E-state index contributed by atoms with van der Waals surface area (Å²) in [6.07, 6.45) is -1.26. The van der Waals surface area contributed by atoms with Gasteiger partial charge in [0, 0.05) is 25.5 Å². The van der Waals surface area contributed by atoms with Gasteiger partial charge in [-0.1, -0.05) is 0 Å². The molecule has 1 N–H and O–H groups in total. The van der Waals surface area contributed by atoms with E-state index in [1.165, 1.54) is 6.07 Å². The molecule has 0 bridgehead atoms. The number of hydrogen-bond donors (Lipinski definition) is 1. The standard InChI is InChI=1S/C11H12F3N3/c1-8-5-16-3-2-9(8)6-17-7-10(4-15)11(12,13)14/h2-3,5,10,17H,6-7H2,1H3. The Labute approximate surface area is 97.3 Å². The van der Waals surface area contributed by atoms with Crippen molar-refractivity contribution in [3.63, 3.8) is 0 Å². The Kier molecular flexibility index (Phi) is 4.46. The topological polar surface area (TPSA) is 48.7 Å². The predicted molar refractivity (Wildman–Crippen MR) is 55.8 cm³/mol. The molecule has 1 aromatic heterocycles. The summed E-state index contributed by atoms with van der Waals surface area (Å²) >= 11 is 0. The van der Waals surface area contributed by atoms with Crippen LogP contribution in [-0.4, -0.2) is 17.7 Å². The van der Waals surface area contributed by atoms with Gasteiger partial charge >= 0.3 is 6.18 Å². The number of rotatable bonds is 4. The Morgan fingerprint density at radius 2 is 2.24 bits per heavy atom. The second-order valence-electron chi connectivity index (χ2n) is 3.66. The van der Waals surface area contributed by atoms with Crippen molar-refractivity contribution in [2.24, 2.45) is 5.92 Å². The lowest BCUT2D eigenvalue weighted by atomic mass is 10.1. The molecule has 0 spiro atoms. The number of aromatic nitrogens is 1. The van der Waals surface area contributed by atoms with Gasteiger partial charge in [-0.25, -0.2) is 0 Å². The summed E-state index contributed by atoms with van der Waals surface area (Å²) in [5, 5.41) is 11.0. The molecule has 0 saturated carbocycles. The zero-order valence-electron chi connectivity index (χ0n) is 9.25. The number of halogens is 3. The van der Waals surface area contributed by atoms with Crippen LogP contribution >= 0.6 is 0 Å². The van der Waals surface area contributed by atoms with Crippen molar-refractivity contribution >= 4 is 0 Å². The summed E-state index contributed by atoms with van der Waals surface area (Å²) in [6.45, 7) is 1.72. The van der Waals surface area contributed by atoms with Crippen LogP contribution in [0.25, 0.3) is 0 Å². The predicted octanol–water partition coefficient (Wildman–Crippen LogP) is 2.18. The Morgan fingerprint density at radius 1 is 1.53 bits per heavy atom. The van der Waals surface area contributed by atoms with Crippen LogP contribution in [0.15, 0.2) is 18.5 Å². The van der Waals surface area contributed by atoms with Crippen molar-refractivity contribution in [1.29, 1.82) is 5.26 Å². The fourth-order valence-electron chi connectivity index (χ4n) is 1.29. The highest BCUT2D eigenvalue weighted by atomic mass is 19.4. The molecular weight excluding hydrogens is 231 g/mol. The van der Waals surface area contributed by atoms with Crippen LogP contribution in [-0.2, 0) is 6.54 Å². The van der Waals surface area contributed by atoms with Gasteiger partial charge < -0.3 is 5.32 Å². The molecule has 1 atom stereocenters. The number of hydrogen-bond acceptors (Lipinski definition) is 3. The van der Waals surface area contributed by atoms with Gasteiger partial charge in [-0.2, -0.15) is 18.4 Å². The summed E-state index contributed by atoms with van der Waals surface area (Å²) in [7, 11) is 0. The number of aryl methyl sites for hydroxylation is 1. The maximum Gasteiger partial charge on any atom is 0.405 e. The quantitative estimate of drug-likeness (QED) is 0.881. The summed E-state index contributed by atoms with van der Waals surface area (Å²) in [5.41, 5.74) is 1.78. The molecule has 17 heavy (non-hydrogen) atoms. The van der Waals surface area contributed by atoms with E-state index in [1.807, 2.05) is 6.92 Å². The van der Waals surface area contributed by atoms with E-state index in [-0.39, 0.29) is 0 Å². The van der Waals surface area contributed by atoms with E-state index in [9.17, 15) is 13.2 Å².